The monoisotopic (exact) mass is 917 g/mol. The van der Waals surface area contributed by atoms with E-state index in [2.05, 4.69) is 45.9 Å². The van der Waals surface area contributed by atoms with Crippen molar-refractivity contribution in [1.82, 2.24) is 34.8 Å². The number of unbranched alkanes of at least 4 members (excludes halogenated alkanes) is 3. The van der Waals surface area contributed by atoms with Crippen LogP contribution in [0.25, 0.3) is 17.0 Å². The minimum absolute atomic E-state index is 0.0103. The van der Waals surface area contributed by atoms with Gasteiger partial charge in [0.05, 0.1) is 40.7 Å². The molecule has 2 aliphatic heterocycles. The molecule has 0 unspecified atom stereocenters. The fraction of sp³-hybridized carbons (Fsp3) is 0.370. The summed E-state index contributed by atoms with van der Waals surface area (Å²) in [4.78, 5) is 68.8. The highest BCUT2D eigenvalue weighted by Gasteiger charge is 2.29. The number of carbonyl (C=O) groups is 3. The molecule has 2 aliphatic rings. The van der Waals surface area contributed by atoms with E-state index in [4.69, 9.17) is 10.1 Å². The van der Waals surface area contributed by atoms with E-state index < -0.39 is 10.8 Å². The Kier molecular flexibility index (Phi) is 14.4. The molecular weight excluding hydrogens is 866 g/mol. The highest BCUT2D eigenvalue weighted by molar-refractivity contribution is 7.19. The number of piperazine rings is 1. The van der Waals surface area contributed by atoms with Crippen LogP contribution in [0.1, 0.15) is 73.1 Å². The number of benzene rings is 2. The minimum atomic E-state index is -0.550. The van der Waals surface area contributed by atoms with Gasteiger partial charge in [-0.3, -0.25) is 34.7 Å². The minimum Gasteiger partial charge on any atom is -0.385 e. The molecule has 2 saturated heterocycles. The largest absolute Gasteiger partial charge is 0.385 e. The third kappa shape index (κ3) is 11.1. The summed E-state index contributed by atoms with van der Waals surface area (Å²) in [6, 6.07) is 21.8. The zero-order valence-corrected chi connectivity index (χ0v) is 37.7. The highest BCUT2D eigenvalue weighted by atomic mass is 32.1. The zero-order chi connectivity index (χ0) is 46.2. The number of nitrogens with one attached hydrogen (secondary N) is 4. The normalized spacial score (nSPS) is 15.2. The van der Waals surface area contributed by atoms with Gasteiger partial charge in [-0.1, -0.05) is 31.0 Å². The Labute approximate surface area is 384 Å². The maximum Gasteiger partial charge on any atom is 0.348 e. The molecule has 0 saturated carbocycles. The number of amides is 3. The summed E-state index contributed by atoms with van der Waals surface area (Å²) >= 11 is 0.767. The smallest absolute Gasteiger partial charge is 0.348 e. The Balaban J connectivity index is 0.744. The number of thiazole rings is 1. The van der Waals surface area contributed by atoms with E-state index in [0.717, 1.165) is 123 Å². The topological polar surface area (TPSA) is 208 Å². The molecule has 0 spiro atoms. The van der Waals surface area contributed by atoms with Crippen LogP contribution in [-0.2, 0) is 9.59 Å². The Bertz CT molecular complexity index is 2720. The molecule has 18 nitrogen and oxygen atoms in total. The standard InChI is InChI=1S/C46H52FN13O5S/c1-30-45(60(64)65)66-46(51-30)54-44(63)35-16-15-34(27-37(35)52-31(2)61)48-19-5-3-4-6-20-49-43(62)29-56-22-24-57(25-23-56)41-14-8-12-36(53-41)39-28-50-40-17-18-42(55-59(39)40)58-21-9-13-38(58)32-10-7-11-33(47)26-32/h7-8,10-12,14-18,26-28,38,48H,3-6,9,13,19-25,29H2,1-2H3,(H,49,62)(H,52,61)(H,51,54,63)/t38-/m1/s1. The lowest BCUT2D eigenvalue weighted by Gasteiger charge is -2.35. The molecule has 3 amide bonds. The van der Waals surface area contributed by atoms with E-state index in [1.165, 1.54) is 19.9 Å². The van der Waals surface area contributed by atoms with Crippen molar-refractivity contribution in [1.29, 1.82) is 0 Å². The van der Waals surface area contributed by atoms with Gasteiger partial charge in [0.25, 0.3) is 5.91 Å². The van der Waals surface area contributed by atoms with E-state index in [1.54, 1.807) is 36.5 Å². The predicted molar refractivity (Wildman–Crippen MR) is 253 cm³/mol. The van der Waals surface area contributed by atoms with Crippen molar-refractivity contribution in [2.45, 2.75) is 58.4 Å². The fourth-order valence-electron chi connectivity index (χ4n) is 8.41. The maximum atomic E-state index is 14.1. The first-order valence-electron chi connectivity index (χ1n) is 22.2. The van der Waals surface area contributed by atoms with Crippen LogP contribution in [0.3, 0.4) is 0 Å². The highest BCUT2D eigenvalue weighted by Crippen LogP contribution is 2.36. The number of imidazole rings is 1. The molecule has 0 bridgehead atoms. The van der Waals surface area contributed by atoms with Crippen LogP contribution in [0, 0.1) is 22.9 Å². The van der Waals surface area contributed by atoms with E-state index in [1.807, 2.05) is 40.9 Å². The van der Waals surface area contributed by atoms with Crippen LogP contribution in [0.15, 0.2) is 79.0 Å². The number of aromatic nitrogens is 5. The number of rotatable bonds is 18. The van der Waals surface area contributed by atoms with Gasteiger partial charge in [-0.05, 0) is 104 Å². The molecule has 2 fully saturated rings. The maximum absolute atomic E-state index is 14.1. The van der Waals surface area contributed by atoms with Gasteiger partial charge in [0.2, 0.25) is 11.8 Å². The van der Waals surface area contributed by atoms with Crippen molar-refractivity contribution >= 4 is 67.8 Å². The van der Waals surface area contributed by atoms with Gasteiger partial charge >= 0.3 is 5.00 Å². The van der Waals surface area contributed by atoms with E-state index in [-0.39, 0.29) is 45.1 Å². The molecule has 20 heteroatoms. The third-order valence-corrected chi connectivity index (χ3v) is 12.7. The second-order valence-electron chi connectivity index (χ2n) is 16.4. The average molecular weight is 918 g/mol. The van der Waals surface area contributed by atoms with E-state index in [9.17, 15) is 28.9 Å². The summed E-state index contributed by atoms with van der Waals surface area (Å²) in [6.45, 7) is 8.23. The lowest BCUT2D eigenvalue weighted by Crippen LogP contribution is -2.49. The average Bonchev–Trinajstić information content (AvgIpc) is 4.06. The SMILES string of the molecule is CC(=O)Nc1cc(NCCCCCCNC(=O)CN2CCN(c3cccc(-c4cnc5ccc(N6CCC[C@@H]6c6cccc(F)c6)nn45)n3)CC2)ccc1C(=O)Nc1nc(C)c([N+](=O)[O-])s1. The molecule has 1 atom stereocenters. The van der Waals surface area contributed by atoms with Crippen LogP contribution in [0.4, 0.5) is 37.5 Å². The van der Waals surface area contributed by atoms with Gasteiger partial charge in [-0.2, -0.15) is 0 Å². The molecule has 0 radical (unpaired) electrons. The molecule has 344 valence electrons. The van der Waals surface area contributed by atoms with Crippen LogP contribution in [0.2, 0.25) is 0 Å². The Morgan fingerprint density at radius 1 is 0.894 bits per heavy atom. The van der Waals surface area contributed by atoms with Gasteiger partial charge < -0.3 is 25.8 Å². The summed E-state index contributed by atoms with van der Waals surface area (Å²) in [7, 11) is 0. The van der Waals surface area contributed by atoms with E-state index >= 15 is 0 Å². The third-order valence-electron chi connectivity index (χ3n) is 11.7. The molecule has 4 aromatic heterocycles. The number of anilines is 5. The van der Waals surface area contributed by atoms with Crippen LogP contribution in [0.5, 0.6) is 0 Å². The molecule has 4 N–H and O–H groups in total. The Morgan fingerprint density at radius 2 is 1.70 bits per heavy atom. The molecule has 8 rings (SSSR count). The van der Waals surface area contributed by atoms with Gasteiger partial charge in [0.15, 0.2) is 10.8 Å². The van der Waals surface area contributed by atoms with Gasteiger partial charge in [0.1, 0.15) is 28.8 Å². The summed E-state index contributed by atoms with van der Waals surface area (Å²) < 4.78 is 15.9. The van der Waals surface area contributed by atoms with E-state index in [0.29, 0.717) is 25.3 Å². The molecule has 6 heterocycles. The summed E-state index contributed by atoms with van der Waals surface area (Å²) in [6.07, 6.45) is 7.35. The number of halogens is 1. The number of carbonyl (C=O) groups excluding carboxylic acids is 3. The first kappa shape index (κ1) is 45.5. The molecule has 6 aromatic rings. The summed E-state index contributed by atoms with van der Waals surface area (Å²) in [5.41, 5.74) is 4.64. The van der Waals surface area contributed by atoms with Crippen LogP contribution >= 0.6 is 11.3 Å². The van der Waals surface area contributed by atoms with Crippen molar-refractivity contribution in [3.05, 3.63) is 112 Å². The lowest BCUT2D eigenvalue weighted by molar-refractivity contribution is -0.380. The number of nitro groups is 1. The van der Waals surface area contributed by atoms with Crippen molar-refractivity contribution in [2.75, 3.05) is 78.1 Å². The Hall–Kier alpha value is -7.06. The van der Waals surface area contributed by atoms with Crippen LogP contribution in [-0.4, -0.2) is 104 Å². The molecule has 2 aromatic carbocycles. The summed E-state index contributed by atoms with van der Waals surface area (Å²) in [5, 5.41) is 27.8. The number of aryl methyl sites for hydroxylation is 1. The van der Waals surface area contributed by atoms with Crippen molar-refractivity contribution in [3.63, 3.8) is 0 Å². The predicted octanol–water partition coefficient (Wildman–Crippen LogP) is 7.07. The summed E-state index contributed by atoms with van der Waals surface area (Å²) in [5.74, 6) is 0.544. The molecular formula is C46H52FN13O5S. The molecule has 0 aliphatic carbocycles. The van der Waals surface area contributed by atoms with Crippen molar-refractivity contribution in [2.24, 2.45) is 0 Å². The van der Waals surface area contributed by atoms with Crippen molar-refractivity contribution in [3.8, 4) is 11.4 Å². The van der Waals surface area contributed by atoms with Crippen LogP contribution < -0.4 is 31.1 Å². The number of hydrogen-bond acceptors (Lipinski definition) is 14. The number of pyridine rings is 1. The first-order chi connectivity index (χ1) is 32.0. The number of fused-ring (bicyclic) bond motifs is 1. The molecule has 66 heavy (non-hydrogen) atoms. The zero-order valence-electron chi connectivity index (χ0n) is 36.8. The van der Waals surface area contributed by atoms with Gasteiger partial charge in [-0.15, -0.1) is 5.10 Å². The van der Waals surface area contributed by atoms with Gasteiger partial charge in [0, 0.05) is 58.4 Å². The van der Waals surface area contributed by atoms with Crippen molar-refractivity contribution < 1.29 is 23.7 Å². The second kappa shape index (κ2) is 20.8. The second-order valence-corrected chi connectivity index (χ2v) is 17.4. The quantitative estimate of drug-likeness (QED) is 0.0387. The number of nitrogens with zero attached hydrogens (tertiary/aromatic N) is 9. The Morgan fingerprint density at radius 3 is 2.47 bits per heavy atom. The lowest BCUT2D eigenvalue weighted by atomic mass is 10.0. The first-order valence-corrected chi connectivity index (χ1v) is 23.0. The fourth-order valence-corrected chi connectivity index (χ4v) is 9.19. The van der Waals surface area contributed by atoms with Gasteiger partial charge in [-0.25, -0.2) is 23.9 Å². The number of hydrogen-bond donors (Lipinski definition) is 4.